The van der Waals surface area contributed by atoms with E-state index >= 15 is 0 Å². The minimum absolute atomic E-state index is 0.116. The maximum Gasteiger partial charge on any atom is 0.0673 e. The van der Waals surface area contributed by atoms with Crippen molar-refractivity contribution in [1.29, 1.82) is 0 Å². The second-order valence-electron chi connectivity index (χ2n) is 4.60. The highest BCUT2D eigenvalue weighted by molar-refractivity contribution is 5.02. The van der Waals surface area contributed by atoms with Gasteiger partial charge in [-0.15, -0.1) is 0 Å². The van der Waals surface area contributed by atoms with Crippen LogP contribution in [0.1, 0.15) is 39.0 Å². The minimum atomic E-state index is -0.517. The maximum absolute atomic E-state index is 9.84. The van der Waals surface area contributed by atoms with Crippen LogP contribution in [0, 0.1) is 5.41 Å². The monoisotopic (exact) mass is 156 g/mol. The molecule has 0 saturated heterocycles. The average Bonchev–Trinajstić information content (AvgIpc) is 1.94. The van der Waals surface area contributed by atoms with Gasteiger partial charge in [-0.1, -0.05) is 6.92 Å². The van der Waals surface area contributed by atoms with E-state index in [9.17, 15) is 10.2 Å². The summed E-state index contributed by atoms with van der Waals surface area (Å²) >= 11 is 0. The molecule has 0 aliphatic heterocycles. The Labute approximate surface area is 67.2 Å². The van der Waals surface area contributed by atoms with E-state index in [4.69, 9.17) is 0 Å². The smallest absolute Gasteiger partial charge is 0.0673 e. The predicted molar refractivity (Wildman–Crippen MR) is 42.1 cm³/mol. The summed E-state index contributed by atoms with van der Waals surface area (Å²) in [6, 6.07) is 0. The Morgan fingerprint density at radius 1 is 1.18 bits per heavy atom. The molecule has 3 fully saturated rings. The van der Waals surface area contributed by atoms with Crippen LogP contribution in [0.5, 0.6) is 0 Å². The van der Waals surface area contributed by atoms with Crippen LogP contribution in [0.25, 0.3) is 0 Å². The Kier molecular flexibility index (Phi) is 1.37. The van der Waals surface area contributed by atoms with Crippen molar-refractivity contribution in [3.8, 4) is 0 Å². The van der Waals surface area contributed by atoms with E-state index in [0.29, 0.717) is 6.42 Å². The van der Waals surface area contributed by atoms with E-state index in [2.05, 4.69) is 6.92 Å². The Bertz CT molecular complexity index is 168. The summed E-state index contributed by atoms with van der Waals surface area (Å²) in [5, 5.41) is 19.5. The van der Waals surface area contributed by atoms with Crippen molar-refractivity contribution >= 4 is 0 Å². The van der Waals surface area contributed by atoms with Gasteiger partial charge in [0.15, 0.2) is 0 Å². The molecule has 0 aromatic heterocycles. The molecule has 1 unspecified atom stereocenters. The highest BCUT2D eigenvalue weighted by atomic mass is 16.3. The van der Waals surface area contributed by atoms with Crippen LogP contribution >= 0.6 is 0 Å². The molecule has 0 amide bonds. The van der Waals surface area contributed by atoms with Crippen LogP contribution in [0.3, 0.4) is 0 Å². The lowest BCUT2D eigenvalue weighted by Gasteiger charge is -2.52. The van der Waals surface area contributed by atoms with Gasteiger partial charge in [0.05, 0.1) is 11.7 Å². The molecule has 0 spiro atoms. The lowest BCUT2D eigenvalue weighted by Crippen LogP contribution is -2.53. The van der Waals surface area contributed by atoms with E-state index < -0.39 is 5.60 Å². The highest BCUT2D eigenvalue weighted by Gasteiger charge is 2.50. The summed E-state index contributed by atoms with van der Waals surface area (Å²) in [5.74, 6) is 0. The van der Waals surface area contributed by atoms with Gasteiger partial charge in [0.2, 0.25) is 0 Å². The van der Waals surface area contributed by atoms with Crippen LogP contribution in [0.2, 0.25) is 0 Å². The number of hydrogen-bond acceptors (Lipinski definition) is 2. The number of aliphatic hydroxyl groups is 2. The molecule has 2 bridgehead atoms. The van der Waals surface area contributed by atoms with Gasteiger partial charge in [-0.2, -0.15) is 0 Å². The predicted octanol–water partition coefficient (Wildman–Crippen LogP) is 1.06. The summed E-state index contributed by atoms with van der Waals surface area (Å²) < 4.78 is 0. The molecule has 3 rings (SSSR count). The largest absolute Gasteiger partial charge is 0.392 e. The van der Waals surface area contributed by atoms with Gasteiger partial charge in [-0.3, -0.25) is 0 Å². The van der Waals surface area contributed by atoms with Gasteiger partial charge in [-0.25, -0.2) is 0 Å². The van der Waals surface area contributed by atoms with E-state index in [0.717, 1.165) is 25.7 Å². The van der Waals surface area contributed by atoms with Crippen molar-refractivity contribution in [1.82, 2.24) is 0 Å². The Hall–Kier alpha value is -0.0800. The summed E-state index contributed by atoms with van der Waals surface area (Å²) in [6.07, 6.45) is 4.09. The molecule has 1 atom stereocenters. The van der Waals surface area contributed by atoms with Crippen molar-refractivity contribution in [3.05, 3.63) is 0 Å². The van der Waals surface area contributed by atoms with Gasteiger partial charge >= 0.3 is 0 Å². The zero-order chi connectivity index (χ0) is 8.11. The third-order valence-corrected chi connectivity index (χ3v) is 3.70. The van der Waals surface area contributed by atoms with Crippen LogP contribution < -0.4 is 0 Å². The molecule has 0 aromatic carbocycles. The molecule has 0 heterocycles. The lowest BCUT2D eigenvalue weighted by atomic mass is 9.58. The van der Waals surface area contributed by atoms with Crippen LogP contribution in [0.4, 0.5) is 0 Å². The van der Waals surface area contributed by atoms with E-state index in [1.54, 1.807) is 0 Å². The molecule has 0 radical (unpaired) electrons. The van der Waals surface area contributed by atoms with E-state index in [1.807, 2.05) is 0 Å². The van der Waals surface area contributed by atoms with Crippen molar-refractivity contribution in [2.75, 3.05) is 0 Å². The third-order valence-electron chi connectivity index (χ3n) is 3.70. The molecule has 3 saturated carbocycles. The maximum atomic E-state index is 9.84. The summed E-state index contributed by atoms with van der Waals surface area (Å²) in [4.78, 5) is 0. The van der Waals surface area contributed by atoms with Crippen LogP contribution in [0.15, 0.2) is 0 Å². The third kappa shape index (κ3) is 1.00. The summed E-state index contributed by atoms with van der Waals surface area (Å²) in [6.45, 7) is 2.14. The molecule has 3 aliphatic carbocycles. The molecule has 11 heavy (non-hydrogen) atoms. The molecule has 0 aromatic rings. The second kappa shape index (κ2) is 1.99. The van der Waals surface area contributed by atoms with Gasteiger partial charge < -0.3 is 10.2 Å². The number of aliphatic hydroxyl groups excluding tert-OH is 1. The SMILES string of the molecule is CC12CCC(O)(CC1)CC2O. The summed E-state index contributed by atoms with van der Waals surface area (Å²) in [7, 11) is 0. The number of hydrogen-bond donors (Lipinski definition) is 2. The quantitative estimate of drug-likeness (QED) is 0.550. The number of fused-ring (bicyclic) bond motifs is 3. The zero-order valence-corrected chi connectivity index (χ0v) is 7.01. The van der Waals surface area contributed by atoms with E-state index in [1.165, 1.54) is 0 Å². The average molecular weight is 156 g/mol. The zero-order valence-electron chi connectivity index (χ0n) is 7.01. The Morgan fingerprint density at radius 3 is 2.09 bits per heavy atom. The first kappa shape index (κ1) is 7.56. The molecule has 3 aliphatic rings. The fourth-order valence-corrected chi connectivity index (χ4v) is 2.43. The van der Waals surface area contributed by atoms with Crippen molar-refractivity contribution in [2.45, 2.75) is 50.7 Å². The van der Waals surface area contributed by atoms with E-state index in [-0.39, 0.29) is 11.5 Å². The first-order valence-electron chi connectivity index (χ1n) is 4.45. The fourth-order valence-electron chi connectivity index (χ4n) is 2.43. The van der Waals surface area contributed by atoms with Crippen molar-refractivity contribution < 1.29 is 10.2 Å². The molecule has 2 nitrogen and oxygen atoms in total. The van der Waals surface area contributed by atoms with Crippen molar-refractivity contribution in [3.63, 3.8) is 0 Å². The first-order valence-corrected chi connectivity index (χ1v) is 4.45. The molecule has 64 valence electrons. The Balaban J connectivity index is 2.22. The first-order chi connectivity index (χ1) is 5.04. The molecular formula is C9H16O2. The molecular weight excluding hydrogens is 140 g/mol. The Morgan fingerprint density at radius 2 is 1.73 bits per heavy atom. The normalized spacial score (nSPS) is 56.5. The van der Waals surface area contributed by atoms with Crippen LogP contribution in [-0.4, -0.2) is 21.9 Å². The van der Waals surface area contributed by atoms with Gasteiger partial charge in [0.25, 0.3) is 0 Å². The highest BCUT2D eigenvalue weighted by Crippen LogP contribution is 2.51. The fraction of sp³-hybridized carbons (Fsp3) is 1.00. The number of rotatable bonds is 0. The summed E-state index contributed by atoms with van der Waals surface area (Å²) in [5.41, 5.74) is -0.401. The standard InChI is InChI=1S/C9H16O2/c1-8-2-4-9(11,5-3-8)6-7(8)10/h7,10-11H,2-6H2,1H3. The second-order valence-corrected chi connectivity index (χ2v) is 4.60. The molecule has 2 N–H and O–H groups in total. The van der Waals surface area contributed by atoms with Gasteiger partial charge in [0, 0.05) is 6.42 Å². The van der Waals surface area contributed by atoms with Gasteiger partial charge in [0.1, 0.15) is 0 Å². The minimum Gasteiger partial charge on any atom is -0.392 e. The van der Waals surface area contributed by atoms with Gasteiger partial charge in [-0.05, 0) is 31.1 Å². The lowest BCUT2D eigenvalue weighted by molar-refractivity contribution is -0.153. The van der Waals surface area contributed by atoms with Crippen LogP contribution in [-0.2, 0) is 0 Å². The van der Waals surface area contributed by atoms with Crippen molar-refractivity contribution in [2.24, 2.45) is 5.41 Å². The molecule has 2 heteroatoms. The topological polar surface area (TPSA) is 40.5 Å².